The molecule has 0 aliphatic carbocycles. The summed E-state index contributed by atoms with van der Waals surface area (Å²) in [6, 6.07) is 6.44. The molecule has 1 N–H and O–H groups in total. The van der Waals surface area contributed by atoms with E-state index in [1.807, 2.05) is 0 Å². The molecule has 5 nitrogen and oxygen atoms in total. The summed E-state index contributed by atoms with van der Waals surface area (Å²) < 4.78 is 9.70. The number of aliphatic hydroxyl groups is 1. The van der Waals surface area contributed by atoms with Crippen LogP contribution in [-0.4, -0.2) is 36.9 Å². The lowest BCUT2D eigenvalue weighted by molar-refractivity contribution is 0.0479. The van der Waals surface area contributed by atoms with E-state index in [4.69, 9.17) is 14.6 Å². The molecule has 5 heteroatoms. The average molecular weight is 268 g/mol. The zero-order valence-electron chi connectivity index (χ0n) is 11.5. The van der Waals surface area contributed by atoms with Crippen molar-refractivity contribution in [2.24, 2.45) is 0 Å². The first-order valence-corrected chi connectivity index (χ1v) is 6.16. The highest BCUT2D eigenvalue weighted by molar-refractivity contribution is 6.03. The molecule has 0 unspecified atom stereocenters. The fourth-order valence-electron chi connectivity index (χ4n) is 1.26. The highest BCUT2D eigenvalue weighted by Crippen LogP contribution is 2.11. The summed E-state index contributed by atoms with van der Waals surface area (Å²) in [5.74, 6) is -1.02. The maximum atomic E-state index is 11.5. The van der Waals surface area contributed by atoms with Crippen molar-refractivity contribution in [2.45, 2.75) is 20.8 Å². The molecule has 1 aromatic rings. The van der Waals surface area contributed by atoms with Crippen molar-refractivity contribution < 1.29 is 24.2 Å². The summed E-state index contributed by atoms with van der Waals surface area (Å²) in [6.45, 7) is 5.90. The van der Waals surface area contributed by atoms with Crippen LogP contribution in [0.15, 0.2) is 24.3 Å². The quantitative estimate of drug-likeness (QED) is 0.846. The second-order valence-corrected chi connectivity index (χ2v) is 3.30. The standard InChI is InChI=1S/C12H14O4.C2H6O/c1-3-15-11(13)9-7-5-6-8-10(9)12(14)16-4-2;1-2-3/h5-8H,3-4H2,1-2H3;3H,2H2,1H3. The first-order chi connectivity index (χ1) is 9.12. The van der Waals surface area contributed by atoms with Crippen LogP contribution in [0.25, 0.3) is 0 Å². The third kappa shape index (κ3) is 6.01. The molecule has 0 saturated carbocycles. The Morgan fingerprint density at radius 2 is 1.26 bits per heavy atom. The fraction of sp³-hybridized carbons (Fsp3) is 0.429. The van der Waals surface area contributed by atoms with Crippen LogP contribution in [0.1, 0.15) is 41.5 Å². The van der Waals surface area contributed by atoms with Gasteiger partial charge in [0.05, 0.1) is 24.3 Å². The lowest BCUT2D eigenvalue weighted by Crippen LogP contribution is -2.13. The Hall–Kier alpha value is -1.88. The molecule has 19 heavy (non-hydrogen) atoms. The van der Waals surface area contributed by atoms with E-state index < -0.39 is 11.9 Å². The Bertz CT molecular complexity index is 364. The predicted octanol–water partition coefficient (Wildman–Crippen LogP) is 2.04. The average Bonchev–Trinajstić information content (AvgIpc) is 2.40. The normalized spacial score (nSPS) is 9.05. The summed E-state index contributed by atoms with van der Waals surface area (Å²) in [4.78, 5) is 23.1. The smallest absolute Gasteiger partial charge is 0.338 e. The van der Waals surface area contributed by atoms with E-state index in [2.05, 4.69) is 0 Å². The second kappa shape index (κ2) is 10.1. The van der Waals surface area contributed by atoms with Crippen LogP contribution in [0.5, 0.6) is 0 Å². The number of hydrogen-bond donors (Lipinski definition) is 1. The number of hydrogen-bond acceptors (Lipinski definition) is 5. The Kier molecular flexibility index (Phi) is 9.08. The van der Waals surface area contributed by atoms with Crippen molar-refractivity contribution in [1.82, 2.24) is 0 Å². The van der Waals surface area contributed by atoms with Crippen molar-refractivity contribution in [2.75, 3.05) is 19.8 Å². The van der Waals surface area contributed by atoms with E-state index in [9.17, 15) is 9.59 Å². The van der Waals surface area contributed by atoms with Crippen molar-refractivity contribution in [3.63, 3.8) is 0 Å². The van der Waals surface area contributed by atoms with Gasteiger partial charge in [-0.25, -0.2) is 9.59 Å². The molecule has 0 spiro atoms. The van der Waals surface area contributed by atoms with Crippen LogP contribution in [0.4, 0.5) is 0 Å². The molecule has 0 fully saturated rings. The van der Waals surface area contributed by atoms with Gasteiger partial charge in [0, 0.05) is 6.61 Å². The van der Waals surface area contributed by atoms with E-state index in [-0.39, 0.29) is 30.9 Å². The van der Waals surface area contributed by atoms with Crippen LogP contribution in [0.2, 0.25) is 0 Å². The Balaban J connectivity index is 0.000000982. The van der Waals surface area contributed by atoms with Crippen molar-refractivity contribution in [3.8, 4) is 0 Å². The van der Waals surface area contributed by atoms with Crippen LogP contribution in [0, 0.1) is 0 Å². The lowest BCUT2D eigenvalue weighted by atomic mass is 10.1. The molecule has 0 heterocycles. The van der Waals surface area contributed by atoms with Gasteiger partial charge in [-0.3, -0.25) is 0 Å². The summed E-state index contributed by atoms with van der Waals surface area (Å²) in [5, 5.41) is 7.57. The van der Waals surface area contributed by atoms with Crippen LogP contribution in [0.3, 0.4) is 0 Å². The van der Waals surface area contributed by atoms with Gasteiger partial charge in [0.25, 0.3) is 0 Å². The lowest BCUT2D eigenvalue weighted by Gasteiger charge is -2.07. The number of carbonyl (C=O) groups excluding carboxylic acids is 2. The van der Waals surface area contributed by atoms with Gasteiger partial charge >= 0.3 is 11.9 Å². The van der Waals surface area contributed by atoms with Gasteiger partial charge in [0.15, 0.2) is 0 Å². The number of carbonyl (C=O) groups is 2. The largest absolute Gasteiger partial charge is 0.462 e. The fourth-order valence-corrected chi connectivity index (χ4v) is 1.26. The third-order valence-corrected chi connectivity index (χ3v) is 1.92. The summed E-state index contributed by atoms with van der Waals surface area (Å²) >= 11 is 0. The van der Waals surface area contributed by atoms with E-state index in [0.29, 0.717) is 0 Å². The Labute approximate surface area is 113 Å². The van der Waals surface area contributed by atoms with E-state index >= 15 is 0 Å². The molecule has 0 radical (unpaired) electrons. The Morgan fingerprint density at radius 3 is 1.53 bits per heavy atom. The number of ether oxygens (including phenoxy) is 2. The van der Waals surface area contributed by atoms with Gasteiger partial charge in [-0.1, -0.05) is 12.1 Å². The number of esters is 2. The van der Waals surface area contributed by atoms with Crippen LogP contribution in [-0.2, 0) is 9.47 Å². The van der Waals surface area contributed by atoms with Gasteiger partial charge in [-0.2, -0.15) is 0 Å². The molecule has 0 saturated heterocycles. The molecule has 106 valence electrons. The number of aliphatic hydroxyl groups excluding tert-OH is 1. The van der Waals surface area contributed by atoms with Crippen LogP contribution < -0.4 is 0 Å². The number of rotatable bonds is 4. The minimum atomic E-state index is -0.508. The zero-order valence-corrected chi connectivity index (χ0v) is 11.5. The summed E-state index contributed by atoms with van der Waals surface area (Å²) in [6.07, 6.45) is 0. The van der Waals surface area contributed by atoms with Gasteiger partial charge < -0.3 is 14.6 Å². The van der Waals surface area contributed by atoms with Gasteiger partial charge in [-0.15, -0.1) is 0 Å². The van der Waals surface area contributed by atoms with E-state index in [1.54, 1.807) is 45.0 Å². The third-order valence-electron chi connectivity index (χ3n) is 1.92. The predicted molar refractivity (Wildman–Crippen MR) is 71.1 cm³/mol. The topological polar surface area (TPSA) is 72.8 Å². The maximum absolute atomic E-state index is 11.5. The molecular weight excluding hydrogens is 248 g/mol. The van der Waals surface area contributed by atoms with Crippen molar-refractivity contribution in [1.29, 1.82) is 0 Å². The summed E-state index contributed by atoms with van der Waals surface area (Å²) in [5.41, 5.74) is 0.477. The van der Waals surface area contributed by atoms with Gasteiger partial charge in [-0.05, 0) is 32.9 Å². The minimum absolute atomic E-state index is 0.239. The first-order valence-electron chi connectivity index (χ1n) is 6.16. The van der Waals surface area contributed by atoms with E-state index in [0.717, 1.165) is 0 Å². The zero-order chi connectivity index (χ0) is 14.7. The second-order valence-electron chi connectivity index (χ2n) is 3.30. The molecule has 1 aromatic carbocycles. The van der Waals surface area contributed by atoms with Crippen LogP contribution >= 0.6 is 0 Å². The molecule has 0 aromatic heterocycles. The van der Waals surface area contributed by atoms with Gasteiger partial charge in [0.2, 0.25) is 0 Å². The first kappa shape index (κ1) is 17.1. The number of benzene rings is 1. The highest BCUT2D eigenvalue weighted by atomic mass is 16.5. The maximum Gasteiger partial charge on any atom is 0.338 e. The molecule has 0 aliphatic heterocycles. The monoisotopic (exact) mass is 268 g/mol. The molecule has 0 aliphatic rings. The molecule has 0 amide bonds. The molecular formula is C14H20O5. The molecule has 0 bridgehead atoms. The summed E-state index contributed by atoms with van der Waals surface area (Å²) in [7, 11) is 0. The highest BCUT2D eigenvalue weighted by Gasteiger charge is 2.17. The molecule has 0 atom stereocenters. The minimum Gasteiger partial charge on any atom is -0.462 e. The molecule has 1 rings (SSSR count). The van der Waals surface area contributed by atoms with Crippen molar-refractivity contribution in [3.05, 3.63) is 35.4 Å². The van der Waals surface area contributed by atoms with Crippen molar-refractivity contribution >= 4 is 11.9 Å². The SMILES string of the molecule is CCO.CCOC(=O)c1ccccc1C(=O)OCC. The van der Waals surface area contributed by atoms with Gasteiger partial charge in [0.1, 0.15) is 0 Å². The van der Waals surface area contributed by atoms with E-state index in [1.165, 1.54) is 0 Å². The Morgan fingerprint density at radius 1 is 0.947 bits per heavy atom.